The minimum atomic E-state index is -0.736. The van der Waals surface area contributed by atoms with E-state index in [2.05, 4.69) is 30.6 Å². The molecule has 13 heteroatoms. The van der Waals surface area contributed by atoms with Gasteiger partial charge in [-0.1, -0.05) is 59.6 Å². The molecule has 0 amide bonds. The summed E-state index contributed by atoms with van der Waals surface area (Å²) in [6.07, 6.45) is 0. The number of rotatable bonds is 2. The summed E-state index contributed by atoms with van der Waals surface area (Å²) in [4.78, 5) is 65.8. The van der Waals surface area contributed by atoms with Gasteiger partial charge in [-0.25, -0.2) is 14.6 Å². The fourth-order valence-electron chi connectivity index (χ4n) is 5.39. The van der Waals surface area contributed by atoms with Gasteiger partial charge in [0.15, 0.2) is 0 Å². The smallest absolute Gasteiger partial charge is 0.326 e. The van der Waals surface area contributed by atoms with Crippen molar-refractivity contribution in [3.05, 3.63) is 129 Å². The van der Waals surface area contributed by atoms with E-state index in [-0.39, 0.29) is 22.5 Å². The van der Waals surface area contributed by atoms with Gasteiger partial charge in [-0.05, 0) is 29.3 Å². The van der Waals surface area contributed by atoms with Crippen LogP contribution in [0.5, 0.6) is 0 Å². The van der Waals surface area contributed by atoms with Crippen molar-refractivity contribution >= 4 is 34.8 Å². The first-order chi connectivity index (χ1) is 19.3. The van der Waals surface area contributed by atoms with Crippen molar-refractivity contribution in [2.75, 3.05) is 10.6 Å². The van der Waals surface area contributed by atoms with Gasteiger partial charge in [0.05, 0.1) is 34.6 Å². The maximum Gasteiger partial charge on any atom is 0.326 e. The van der Waals surface area contributed by atoms with Gasteiger partial charge in [0.1, 0.15) is 11.6 Å². The molecule has 40 heavy (non-hydrogen) atoms. The van der Waals surface area contributed by atoms with E-state index in [0.717, 1.165) is 0 Å². The van der Waals surface area contributed by atoms with Crippen LogP contribution in [0.3, 0.4) is 0 Å². The molecule has 2 atom stereocenters. The zero-order valence-corrected chi connectivity index (χ0v) is 21.7. The van der Waals surface area contributed by atoms with Gasteiger partial charge in [-0.2, -0.15) is 0 Å². The van der Waals surface area contributed by atoms with E-state index in [1.807, 2.05) is 0 Å². The topological polar surface area (TPSA) is 168 Å². The van der Waals surface area contributed by atoms with E-state index >= 15 is 0 Å². The number of benzene rings is 2. The molecule has 7 rings (SSSR count). The molecule has 2 unspecified atom stereocenters. The standard InChI is InChI=1S/C27H17Cl2N7O4/c28-14-7-3-1-5-10(14)18-16-20(32-26(39)35-24(16)37)12-9-13-21-17(25(38)36-27(40)33-21)19(11-6-2-4-8-15(11)29)31-23(13)34-22(12)30-18/h1-9,18-19H,(H2,30,31,34)(H2,32,35,37,39)(H2,33,36,38,40). The SMILES string of the molecule is O=c1[nH]c2c(c(=O)[nH]1)C(c1ccccc1Cl)Nc1nc3c(cc1-2)-c1[nH]c(=O)[nH]c(=O)c1C(c1ccccc1Cl)N3. The molecule has 6 N–H and O–H groups in total. The lowest BCUT2D eigenvalue weighted by Gasteiger charge is -2.32. The predicted molar refractivity (Wildman–Crippen MR) is 151 cm³/mol. The van der Waals surface area contributed by atoms with Crippen LogP contribution in [0.1, 0.15) is 34.3 Å². The molecule has 2 aliphatic heterocycles. The van der Waals surface area contributed by atoms with Crippen LogP contribution in [-0.2, 0) is 0 Å². The summed E-state index contributed by atoms with van der Waals surface area (Å²) in [5.41, 5.74) is 0.364. The molecule has 0 spiro atoms. The summed E-state index contributed by atoms with van der Waals surface area (Å²) >= 11 is 13.0. The van der Waals surface area contributed by atoms with Crippen LogP contribution in [0.2, 0.25) is 10.0 Å². The molecule has 0 saturated heterocycles. The zero-order chi connectivity index (χ0) is 27.7. The highest BCUT2D eigenvalue weighted by molar-refractivity contribution is 6.31. The van der Waals surface area contributed by atoms with Crippen molar-refractivity contribution in [3.8, 4) is 22.5 Å². The lowest BCUT2D eigenvalue weighted by Crippen LogP contribution is -2.35. The Kier molecular flexibility index (Phi) is 5.34. The highest BCUT2D eigenvalue weighted by atomic mass is 35.5. The molecule has 5 aromatic rings. The largest absolute Gasteiger partial charge is 0.358 e. The van der Waals surface area contributed by atoms with E-state index in [4.69, 9.17) is 28.2 Å². The lowest BCUT2D eigenvalue weighted by atomic mass is 9.88. The molecule has 2 aliphatic rings. The molecular formula is C27H17Cl2N7O4. The second kappa shape index (κ2) is 8.83. The Morgan fingerprint density at radius 3 is 1.45 bits per heavy atom. The summed E-state index contributed by atoms with van der Waals surface area (Å²) < 4.78 is 0. The Hall–Kier alpha value is -4.87. The van der Waals surface area contributed by atoms with Crippen molar-refractivity contribution in [2.24, 2.45) is 0 Å². The minimum Gasteiger partial charge on any atom is -0.358 e. The van der Waals surface area contributed by atoms with Gasteiger partial charge >= 0.3 is 11.4 Å². The summed E-state index contributed by atoms with van der Waals surface area (Å²) in [5.74, 6) is 0.692. The third-order valence-corrected chi connectivity index (χ3v) is 7.78. The number of halogens is 2. The van der Waals surface area contributed by atoms with E-state index < -0.39 is 34.6 Å². The third kappa shape index (κ3) is 3.63. The van der Waals surface area contributed by atoms with Crippen LogP contribution in [0.15, 0.2) is 73.8 Å². The van der Waals surface area contributed by atoms with Crippen molar-refractivity contribution in [1.82, 2.24) is 24.9 Å². The summed E-state index contributed by atoms with van der Waals surface area (Å²) in [6, 6.07) is 14.3. The van der Waals surface area contributed by atoms with Gasteiger partial charge in [-0.15, -0.1) is 0 Å². The quantitative estimate of drug-likeness (QED) is 0.188. The third-order valence-electron chi connectivity index (χ3n) is 7.09. The highest BCUT2D eigenvalue weighted by Crippen LogP contribution is 2.47. The molecule has 0 bridgehead atoms. The monoisotopic (exact) mass is 573 g/mol. The van der Waals surface area contributed by atoms with Crippen LogP contribution < -0.4 is 33.1 Å². The summed E-state index contributed by atoms with van der Waals surface area (Å²) in [5, 5.41) is 7.41. The number of nitrogens with zero attached hydrogens (tertiary/aromatic N) is 1. The first kappa shape index (κ1) is 24.2. The number of pyridine rings is 1. The summed E-state index contributed by atoms with van der Waals surface area (Å²) in [7, 11) is 0. The number of fused-ring (bicyclic) bond motifs is 6. The Labute approximate surface area is 233 Å². The van der Waals surface area contributed by atoms with Crippen molar-refractivity contribution < 1.29 is 0 Å². The Morgan fingerprint density at radius 2 is 1.02 bits per heavy atom. The van der Waals surface area contributed by atoms with Crippen LogP contribution in [0.25, 0.3) is 22.5 Å². The Bertz CT molecular complexity index is 1970. The van der Waals surface area contributed by atoms with Gasteiger partial charge < -0.3 is 20.6 Å². The lowest BCUT2D eigenvalue weighted by molar-refractivity contribution is 0.841. The van der Waals surface area contributed by atoms with Gasteiger partial charge in [-0.3, -0.25) is 19.6 Å². The van der Waals surface area contributed by atoms with Crippen LogP contribution in [0, 0.1) is 0 Å². The van der Waals surface area contributed by atoms with Crippen molar-refractivity contribution in [3.63, 3.8) is 0 Å². The molecule has 0 radical (unpaired) electrons. The van der Waals surface area contributed by atoms with Crippen LogP contribution >= 0.6 is 23.2 Å². The second-order valence-corrected chi connectivity index (χ2v) is 10.2. The van der Waals surface area contributed by atoms with Crippen LogP contribution in [0.4, 0.5) is 11.6 Å². The average Bonchev–Trinajstić information content (AvgIpc) is 2.91. The Morgan fingerprint density at radius 1 is 0.600 bits per heavy atom. The first-order valence-corrected chi connectivity index (χ1v) is 12.9. The maximum atomic E-state index is 13.1. The number of anilines is 2. The molecule has 0 aliphatic carbocycles. The van der Waals surface area contributed by atoms with E-state index in [1.165, 1.54) is 0 Å². The summed E-state index contributed by atoms with van der Waals surface area (Å²) in [6.45, 7) is 0. The van der Waals surface area contributed by atoms with E-state index in [9.17, 15) is 19.2 Å². The molecule has 0 fully saturated rings. The van der Waals surface area contributed by atoms with Crippen LogP contribution in [-0.4, -0.2) is 24.9 Å². The second-order valence-electron chi connectivity index (χ2n) is 9.37. The minimum absolute atomic E-state index is 0.235. The molecule has 11 nitrogen and oxygen atoms in total. The number of aromatic nitrogens is 5. The number of hydrogen-bond donors (Lipinski definition) is 6. The molecular weight excluding hydrogens is 557 g/mol. The number of aromatic amines is 4. The molecule has 2 aromatic carbocycles. The van der Waals surface area contributed by atoms with Crippen molar-refractivity contribution in [1.29, 1.82) is 0 Å². The molecule has 198 valence electrons. The van der Waals surface area contributed by atoms with Gasteiger partial charge in [0.25, 0.3) is 11.1 Å². The fourth-order valence-corrected chi connectivity index (χ4v) is 5.87. The van der Waals surface area contributed by atoms with Crippen molar-refractivity contribution in [2.45, 2.75) is 12.1 Å². The Balaban J connectivity index is 1.50. The van der Waals surface area contributed by atoms with E-state index in [1.54, 1.807) is 54.6 Å². The highest BCUT2D eigenvalue weighted by Gasteiger charge is 2.36. The number of H-pyrrole nitrogens is 4. The predicted octanol–water partition coefficient (Wildman–Crippen LogP) is 3.51. The maximum absolute atomic E-state index is 13.1. The number of hydrogen-bond acceptors (Lipinski definition) is 7. The normalized spacial score (nSPS) is 16.6. The fraction of sp³-hybridized carbons (Fsp3) is 0.0741. The van der Waals surface area contributed by atoms with Gasteiger partial charge in [0, 0.05) is 21.2 Å². The molecule has 3 aromatic heterocycles. The van der Waals surface area contributed by atoms with E-state index in [0.29, 0.717) is 43.9 Å². The zero-order valence-electron chi connectivity index (χ0n) is 20.2. The first-order valence-electron chi connectivity index (χ1n) is 12.1. The molecule has 0 saturated carbocycles. The average molecular weight is 574 g/mol. The molecule has 5 heterocycles. The van der Waals surface area contributed by atoms with Gasteiger partial charge in [0.2, 0.25) is 0 Å². The number of nitrogens with one attached hydrogen (secondary N) is 6.